The van der Waals surface area contributed by atoms with Gasteiger partial charge in [-0.25, -0.2) is 9.97 Å². The summed E-state index contributed by atoms with van der Waals surface area (Å²) in [5, 5.41) is 0. The number of nitrogens with zero attached hydrogens (tertiary/aromatic N) is 2. The molecule has 0 unspecified atom stereocenters. The second kappa shape index (κ2) is 5.36. The van der Waals surface area contributed by atoms with E-state index in [0.29, 0.717) is 11.3 Å². The van der Waals surface area contributed by atoms with Crippen molar-refractivity contribution in [3.8, 4) is 22.9 Å². The van der Waals surface area contributed by atoms with Crippen LogP contribution < -0.4 is 9.47 Å². The molecular formula is C13H11F3N2O2. The normalized spacial score (nSPS) is 11.2. The van der Waals surface area contributed by atoms with Crippen molar-refractivity contribution in [3.63, 3.8) is 0 Å². The fourth-order valence-electron chi connectivity index (χ4n) is 1.71. The van der Waals surface area contributed by atoms with Crippen molar-refractivity contribution in [2.75, 3.05) is 14.2 Å². The van der Waals surface area contributed by atoms with Crippen LogP contribution in [0.2, 0.25) is 0 Å². The molecule has 1 aromatic heterocycles. The van der Waals surface area contributed by atoms with E-state index in [-0.39, 0.29) is 11.6 Å². The van der Waals surface area contributed by atoms with Gasteiger partial charge in [0.05, 0.1) is 19.8 Å². The van der Waals surface area contributed by atoms with Crippen molar-refractivity contribution in [2.45, 2.75) is 6.18 Å². The average Bonchev–Trinajstić information content (AvgIpc) is 2.45. The van der Waals surface area contributed by atoms with Crippen LogP contribution in [0, 0.1) is 0 Å². The largest absolute Gasteiger partial charge is 0.493 e. The molecule has 0 amide bonds. The van der Waals surface area contributed by atoms with Gasteiger partial charge in [0.1, 0.15) is 5.69 Å². The van der Waals surface area contributed by atoms with Crippen LogP contribution in [0.15, 0.2) is 30.5 Å². The SMILES string of the molecule is COc1cccc(-c2nccc(C(F)(F)F)n2)c1OC. The molecule has 106 valence electrons. The van der Waals surface area contributed by atoms with Gasteiger partial charge in [-0.05, 0) is 18.2 Å². The van der Waals surface area contributed by atoms with E-state index in [4.69, 9.17) is 9.47 Å². The lowest BCUT2D eigenvalue weighted by Gasteiger charge is -2.12. The lowest BCUT2D eigenvalue weighted by Crippen LogP contribution is -2.09. The molecule has 0 atom stereocenters. The van der Waals surface area contributed by atoms with Crippen LogP contribution in [0.4, 0.5) is 13.2 Å². The summed E-state index contributed by atoms with van der Waals surface area (Å²) in [5.74, 6) is 0.607. The van der Waals surface area contributed by atoms with Crippen molar-refractivity contribution in [2.24, 2.45) is 0 Å². The zero-order chi connectivity index (χ0) is 14.8. The third-order valence-electron chi connectivity index (χ3n) is 2.59. The predicted molar refractivity (Wildman–Crippen MR) is 65.6 cm³/mol. The molecule has 0 bridgehead atoms. The molecule has 0 spiro atoms. The highest BCUT2D eigenvalue weighted by Crippen LogP contribution is 2.37. The smallest absolute Gasteiger partial charge is 0.433 e. The predicted octanol–water partition coefficient (Wildman–Crippen LogP) is 3.18. The van der Waals surface area contributed by atoms with Gasteiger partial charge in [0.15, 0.2) is 17.3 Å². The van der Waals surface area contributed by atoms with Crippen LogP contribution >= 0.6 is 0 Å². The third kappa shape index (κ3) is 2.66. The summed E-state index contributed by atoms with van der Waals surface area (Å²) in [6.45, 7) is 0. The number of para-hydroxylation sites is 1. The maximum absolute atomic E-state index is 12.7. The van der Waals surface area contributed by atoms with Gasteiger partial charge in [0.2, 0.25) is 0 Å². The number of benzene rings is 1. The Balaban J connectivity index is 2.57. The molecule has 0 radical (unpaired) electrons. The van der Waals surface area contributed by atoms with Crippen molar-refractivity contribution >= 4 is 0 Å². The number of alkyl halides is 3. The fourth-order valence-corrected chi connectivity index (χ4v) is 1.71. The molecule has 0 aliphatic carbocycles. The third-order valence-corrected chi connectivity index (χ3v) is 2.59. The number of hydrogen-bond donors (Lipinski definition) is 0. The summed E-state index contributed by atoms with van der Waals surface area (Å²) in [6, 6.07) is 5.64. The summed E-state index contributed by atoms with van der Waals surface area (Å²) < 4.78 is 48.2. The zero-order valence-electron chi connectivity index (χ0n) is 10.7. The lowest BCUT2D eigenvalue weighted by atomic mass is 10.1. The highest BCUT2D eigenvalue weighted by atomic mass is 19.4. The monoisotopic (exact) mass is 284 g/mol. The van der Waals surface area contributed by atoms with Gasteiger partial charge in [-0.2, -0.15) is 13.2 Å². The molecule has 0 fully saturated rings. The Morgan fingerprint density at radius 1 is 1.05 bits per heavy atom. The summed E-state index contributed by atoms with van der Waals surface area (Å²) in [7, 11) is 2.84. The lowest BCUT2D eigenvalue weighted by molar-refractivity contribution is -0.141. The minimum atomic E-state index is -4.52. The molecule has 0 saturated heterocycles. The Morgan fingerprint density at radius 3 is 2.40 bits per heavy atom. The Labute approximate surface area is 113 Å². The van der Waals surface area contributed by atoms with Crippen LogP contribution in [-0.4, -0.2) is 24.2 Å². The van der Waals surface area contributed by atoms with Gasteiger partial charge in [-0.15, -0.1) is 0 Å². The molecule has 0 aliphatic rings. The van der Waals surface area contributed by atoms with Crippen molar-refractivity contribution in [1.82, 2.24) is 9.97 Å². The number of ether oxygens (including phenoxy) is 2. The quantitative estimate of drug-likeness (QED) is 0.868. The minimum absolute atomic E-state index is 0.0735. The summed E-state index contributed by atoms with van der Waals surface area (Å²) in [5.41, 5.74) is -0.676. The highest BCUT2D eigenvalue weighted by Gasteiger charge is 2.33. The molecule has 2 rings (SSSR count). The Morgan fingerprint density at radius 2 is 1.80 bits per heavy atom. The Hall–Kier alpha value is -2.31. The number of methoxy groups -OCH3 is 2. The van der Waals surface area contributed by atoms with Crippen molar-refractivity contribution < 1.29 is 22.6 Å². The van der Waals surface area contributed by atoms with Crippen molar-refractivity contribution in [3.05, 3.63) is 36.2 Å². The molecule has 4 nitrogen and oxygen atoms in total. The van der Waals surface area contributed by atoms with Gasteiger partial charge < -0.3 is 9.47 Å². The van der Waals surface area contributed by atoms with Crippen LogP contribution in [-0.2, 0) is 6.18 Å². The van der Waals surface area contributed by atoms with E-state index >= 15 is 0 Å². The van der Waals surface area contributed by atoms with Gasteiger partial charge in [-0.3, -0.25) is 0 Å². The molecular weight excluding hydrogens is 273 g/mol. The number of halogens is 3. The van der Waals surface area contributed by atoms with Crippen LogP contribution in [0.3, 0.4) is 0 Å². The zero-order valence-corrected chi connectivity index (χ0v) is 10.7. The number of aromatic nitrogens is 2. The molecule has 0 N–H and O–H groups in total. The van der Waals surface area contributed by atoms with E-state index in [1.807, 2.05) is 0 Å². The molecule has 20 heavy (non-hydrogen) atoms. The van der Waals surface area contributed by atoms with Crippen LogP contribution in [0.1, 0.15) is 5.69 Å². The number of rotatable bonds is 3. The second-order valence-corrected chi connectivity index (χ2v) is 3.80. The maximum atomic E-state index is 12.7. The van der Waals surface area contributed by atoms with Crippen LogP contribution in [0.25, 0.3) is 11.4 Å². The summed E-state index contributed by atoms with van der Waals surface area (Å²) in [4.78, 5) is 7.39. The number of hydrogen-bond acceptors (Lipinski definition) is 4. The van der Waals surface area contributed by atoms with E-state index in [0.717, 1.165) is 12.3 Å². The average molecular weight is 284 g/mol. The molecule has 1 aromatic carbocycles. The molecule has 1 heterocycles. The van der Waals surface area contributed by atoms with Gasteiger partial charge in [0.25, 0.3) is 0 Å². The first kappa shape index (κ1) is 14.1. The first-order chi connectivity index (χ1) is 9.47. The maximum Gasteiger partial charge on any atom is 0.433 e. The summed E-state index contributed by atoms with van der Waals surface area (Å²) in [6.07, 6.45) is -3.46. The van der Waals surface area contributed by atoms with Gasteiger partial charge in [-0.1, -0.05) is 6.07 Å². The Bertz CT molecular complexity index is 615. The molecule has 0 aliphatic heterocycles. The van der Waals surface area contributed by atoms with E-state index in [1.54, 1.807) is 18.2 Å². The first-order valence-corrected chi connectivity index (χ1v) is 5.59. The summed E-state index contributed by atoms with van der Waals surface area (Å²) >= 11 is 0. The second-order valence-electron chi connectivity index (χ2n) is 3.80. The van der Waals surface area contributed by atoms with Gasteiger partial charge >= 0.3 is 6.18 Å². The van der Waals surface area contributed by atoms with Crippen LogP contribution in [0.5, 0.6) is 11.5 Å². The topological polar surface area (TPSA) is 44.2 Å². The molecule has 0 saturated carbocycles. The highest BCUT2D eigenvalue weighted by molar-refractivity contribution is 5.68. The molecule has 7 heteroatoms. The van der Waals surface area contributed by atoms with Crippen molar-refractivity contribution in [1.29, 1.82) is 0 Å². The standard InChI is InChI=1S/C13H11F3N2O2/c1-19-9-5-3-4-8(11(9)20-2)12-17-7-6-10(18-12)13(14,15)16/h3-7H,1-2H3. The molecule has 2 aromatic rings. The van der Waals surface area contributed by atoms with Gasteiger partial charge in [0, 0.05) is 6.20 Å². The minimum Gasteiger partial charge on any atom is -0.493 e. The van der Waals surface area contributed by atoms with E-state index in [1.165, 1.54) is 14.2 Å². The fraction of sp³-hybridized carbons (Fsp3) is 0.231. The van der Waals surface area contributed by atoms with E-state index < -0.39 is 11.9 Å². The first-order valence-electron chi connectivity index (χ1n) is 5.59. The Kier molecular flexibility index (Phi) is 3.78. The van der Waals surface area contributed by atoms with E-state index in [2.05, 4.69) is 9.97 Å². The van der Waals surface area contributed by atoms with E-state index in [9.17, 15) is 13.2 Å².